The molecule has 0 spiro atoms. The van der Waals surface area contributed by atoms with Gasteiger partial charge >= 0.3 is 0 Å². The van der Waals surface area contributed by atoms with Gasteiger partial charge in [-0.1, -0.05) is 37.3 Å². The maximum absolute atomic E-state index is 15.7. The van der Waals surface area contributed by atoms with E-state index < -0.39 is 35.0 Å². The fourth-order valence-electron chi connectivity index (χ4n) is 6.56. The molecule has 204 valence electrons. The summed E-state index contributed by atoms with van der Waals surface area (Å²) in [5.41, 5.74) is 2.60. The van der Waals surface area contributed by atoms with Crippen molar-refractivity contribution in [1.82, 2.24) is 0 Å². The van der Waals surface area contributed by atoms with Crippen LogP contribution in [0, 0.1) is 46.3 Å². The van der Waals surface area contributed by atoms with Crippen molar-refractivity contribution in [3.8, 4) is 6.07 Å². The van der Waals surface area contributed by atoms with Crippen LogP contribution in [0.5, 0.6) is 0 Å². The smallest absolute Gasteiger partial charge is 0.176 e. The first-order chi connectivity index (χ1) is 18.8. The molecule has 3 aromatic carbocycles. The highest BCUT2D eigenvalue weighted by molar-refractivity contribution is 5.41. The Balaban J connectivity index is 1.28. The van der Waals surface area contributed by atoms with Gasteiger partial charge < -0.3 is 0 Å². The molecule has 1 fully saturated rings. The zero-order valence-corrected chi connectivity index (χ0v) is 22.1. The van der Waals surface area contributed by atoms with Crippen LogP contribution < -0.4 is 0 Å². The van der Waals surface area contributed by atoms with Crippen molar-refractivity contribution in [2.45, 2.75) is 83.0 Å². The molecule has 0 radical (unpaired) electrons. The molecule has 6 heteroatoms. The van der Waals surface area contributed by atoms with E-state index in [0.29, 0.717) is 44.1 Å². The highest BCUT2D eigenvalue weighted by Gasteiger charge is 2.35. The Labute approximate surface area is 226 Å². The van der Waals surface area contributed by atoms with Crippen LogP contribution in [0.2, 0.25) is 0 Å². The Kier molecular flexibility index (Phi) is 8.07. The van der Waals surface area contributed by atoms with Crippen molar-refractivity contribution in [2.24, 2.45) is 5.92 Å². The van der Waals surface area contributed by atoms with E-state index in [9.17, 15) is 8.78 Å². The first-order valence-corrected chi connectivity index (χ1v) is 14.0. The van der Waals surface area contributed by atoms with Crippen molar-refractivity contribution >= 4 is 0 Å². The summed E-state index contributed by atoms with van der Waals surface area (Å²) in [6, 6.07) is 12.8. The predicted octanol–water partition coefficient (Wildman–Crippen LogP) is 9.00. The Morgan fingerprint density at radius 2 is 1.38 bits per heavy atom. The summed E-state index contributed by atoms with van der Waals surface area (Å²) in [5, 5.41) is 8.91. The third kappa shape index (κ3) is 5.33. The van der Waals surface area contributed by atoms with Gasteiger partial charge in [0, 0.05) is 5.56 Å². The normalized spacial score (nSPS) is 20.9. The Bertz CT molecular complexity index is 1400. The first-order valence-electron chi connectivity index (χ1n) is 14.0. The summed E-state index contributed by atoms with van der Waals surface area (Å²) in [4.78, 5) is 0. The number of benzene rings is 3. The minimum absolute atomic E-state index is 0.167. The monoisotopic (exact) mass is 537 g/mol. The molecule has 2 aliphatic rings. The molecule has 2 aliphatic carbocycles. The largest absolute Gasteiger partial charge is 0.206 e. The lowest BCUT2D eigenvalue weighted by Crippen LogP contribution is -2.23. The van der Waals surface area contributed by atoms with E-state index in [2.05, 4.69) is 31.2 Å². The molecule has 3 aromatic rings. The molecule has 39 heavy (non-hydrogen) atoms. The molecule has 5 rings (SSSR count). The van der Waals surface area contributed by atoms with Gasteiger partial charge in [0.05, 0.1) is 5.56 Å². The Morgan fingerprint density at radius 3 is 2.05 bits per heavy atom. The highest BCUT2D eigenvalue weighted by Crippen LogP contribution is 2.45. The van der Waals surface area contributed by atoms with Crippen LogP contribution in [0.4, 0.5) is 22.0 Å². The molecule has 0 aliphatic heterocycles. The number of hydrogen-bond donors (Lipinski definition) is 0. The van der Waals surface area contributed by atoms with Crippen molar-refractivity contribution in [3.05, 3.63) is 104 Å². The maximum Gasteiger partial charge on any atom is 0.176 e. The van der Waals surface area contributed by atoms with E-state index in [0.717, 1.165) is 25.7 Å². The van der Waals surface area contributed by atoms with Crippen LogP contribution in [0.25, 0.3) is 0 Å². The number of rotatable bonds is 6. The highest BCUT2D eigenvalue weighted by atomic mass is 19.2. The molecule has 1 unspecified atom stereocenters. The second-order valence-electron chi connectivity index (χ2n) is 11.1. The van der Waals surface area contributed by atoms with Crippen LogP contribution in [0.1, 0.15) is 96.2 Å². The zero-order chi connectivity index (χ0) is 27.7. The summed E-state index contributed by atoms with van der Waals surface area (Å²) >= 11 is 0. The third-order valence-corrected chi connectivity index (χ3v) is 8.94. The van der Waals surface area contributed by atoms with Gasteiger partial charge in [-0.05, 0) is 116 Å². The number of nitrogens with zero attached hydrogens (tertiary/aromatic N) is 1. The molecular formula is C33H32F5N. The molecule has 0 heterocycles. The first kappa shape index (κ1) is 27.4. The molecule has 0 N–H and O–H groups in total. The van der Waals surface area contributed by atoms with Crippen molar-refractivity contribution < 1.29 is 22.0 Å². The minimum Gasteiger partial charge on any atom is -0.206 e. The number of fused-ring (bicyclic) bond motifs is 1. The number of halogens is 5. The number of nitriles is 1. The fourth-order valence-corrected chi connectivity index (χ4v) is 6.56. The topological polar surface area (TPSA) is 23.8 Å². The van der Waals surface area contributed by atoms with Gasteiger partial charge in [0.2, 0.25) is 0 Å². The summed E-state index contributed by atoms with van der Waals surface area (Å²) < 4.78 is 75.1. The second-order valence-corrected chi connectivity index (χ2v) is 11.1. The lowest BCUT2D eigenvalue weighted by molar-refractivity contribution is 0.349. The SMILES string of the molecule is CCc1ccc(CCC2CCc3c(F)c(C4CCC(c5ccc(C#N)c(F)c5F)CC4)c(F)c(F)c3C2)cc1. The van der Waals surface area contributed by atoms with Gasteiger partial charge in [-0.3, -0.25) is 0 Å². The number of hydrogen-bond acceptors (Lipinski definition) is 1. The van der Waals surface area contributed by atoms with E-state index in [1.165, 1.54) is 23.3 Å². The van der Waals surface area contributed by atoms with Crippen LogP contribution in [0.15, 0.2) is 36.4 Å². The molecule has 0 saturated heterocycles. The Hall–Kier alpha value is -3.20. The summed E-state index contributed by atoms with van der Waals surface area (Å²) in [6.45, 7) is 2.11. The Morgan fingerprint density at radius 1 is 0.718 bits per heavy atom. The molecule has 1 saturated carbocycles. The number of aryl methyl sites for hydroxylation is 2. The van der Waals surface area contributed by atoms with E-state index in [4.69, 9.17) is 5.26 Å². The van der Waals surface area contributed by atoms with E-state index >= 15 is 13.2 Å². The predicted molar refractivity (Wildman–Crippen MR) is 141 cm³/mol. The van der Waals surface area contributed by atoms with Crippen LogP contribution in [-0.2, 0) is 25.7 Å². The van der Waals surface area contributed by atoms with Gasteiger partial charge in [0.15, 0.2) is 23.3 Å². The van der Waals surface area contributed by atoms with Gasteiger partial charge in [-0.2, -0.15) is 5.26 Å². The van der Waals surface area contributed by atoms with E-state index in [1.807, 2.05) is 0 Å². The van der Waals surface area contributed by atoms with Gasteiger partial charge in [0.1, 0.15) is 11.9 Å². The van der Waals surface area contributed by atoms with Crippen LogP contribution in [0.3, 0.4) is 0 Å². The minimum atomic E-state index is -1.17. The lowest BCUT2D eigenvalue weighted by atomic mass is 9.73. The quantitative estimate of drug-likeness (QED) is 0.227. The summed E-state index contributed by atoms with van der Waals surface area (Å²) in [7, 11) is 0. The maximum atomic E-state index is 15.7. The average Bonchev–Trinajstić information content (AvgIpc) is 2.97. The lowest BCUT2D eigenvalue weighted by Gasteiger charge is -2.32. The third-order valence-electron chi connectivity index (χ3n) is 8.94. The zero-order valence-electron chi connectivity index (χ0n) is 22.1. The molecule has 1 atom stereocenters. The van der Waals surface area contributed by atoms with Crippen LogP contribution in [-0.4, -0.2) is 0 Å². The average molecular weight is 538 g/mol. The second kappa shape index (κ2) is 11.5. The van der Waals surface area contributed by atoms with Crippen molar-refractivity contribution in [3.63, 3.8) is 0 Å². The molecule has 0 amide bonds. The van der Waals surface area contributed by atoms with Crippen molar-refractivity contribution in [1.29, 1.82) is 5.26 Å². The molecule has 0 bridgehead atoms. The van der Waals surface area contributed by atoms with E-state index in [-0.39, 0.29) is 34.1 Å². The van der Waals surface area contributed by atoms with Crippen molar-refractivity contribution in [2.75, 3.05) is 0 Å². The van der Waals surface area contributed by atoms with Gasteiger partial charge in [-0.25, -0.2) is 22.0 Å². The van der Waals surface area contributed by atoms with Crippen LogP contribution >= 0.6 is 0 Å². The van der Waals surface area contributed by atoms with Gasteiger partial charge in [0.25, 0.3) is 0 Å². The summed E-state index contributed by atoms with van der Waals surface area (Å²) in [5.74, 6) is -5.54. The molecule has 1 nitrogen and oxygen atoms in total. The molecule has 0 aromatic heterocycles. The van der Waals surface area contributed by atoms with E-state index in [1.54, 1.807) is 6.07 Å². The molecular weight excluding hydrogens is 505 g/mol. The standard InChI is InChI=1S/C33H32F5N/c1-2-19-3-5-20(6-4-19)7-8-21-9-15-26-27(17-21)32(37)33(38)28(30(26)35)23-12-10-22(11-13-23)25-16-14-24(18-39)29(34)31(25)36/h3-6,14,16,21-23H,2,7-13,15,17H2,1H3. The van der Waals surface area contributed by atoms with Gasteiger partial charge in [-0.15, -0.1) is 0 Å². The fraction of sp³-hybridized carbons (Fsp3) is 0.424. The summed E-state index contributed by atoms with van der Waals surface area (Å²) in [6.07, 6.45) is 5.60.